The third kappa shape index (κ3) is 2.83. The molecule has 11 nitrogen and oxygen atoms in total. The lowest BCUT2D eigenvalue weighted by Crippen LogP contribution is -2.36. The van der Waals surface area contributed by atoms with Crippen LogP contribution < -0.4 is 11.2 Å². The molecule has 0 spiro atoms. The van der Waals surface area contributed by atoms with E-state index in [1.54, 1.807) is 10.9 Å². The molecular formula is C14H17N5O6. The number of aromatic amines is 1. The second-order valence-electron chi connectivity index (χ2n) is 5.81. The van der Waals surface area contributed by atoms with Crippen LogP contribution in [-0.2, 0) is 4.74 Å². The SMILES string of the molecule is CC(C)n1cc(-c2cn([C@@H]3OC(CO)=C(O)C3O)c(=O)[nH]c2=O)nn1. The molecule has 0 aromatic carbocycles. The van der Waals surface area contributed by atoms with Gasteiger partial charge in [0.15, 0.2) is 17.6 Å². The monoisotopic (exact) mass is 351 g/mol. The number of aliphatic hydroxyl groups is 3. The Hall–Kier alpha value is -2.92. The first-order chi connectivity index (χ1) is 11.8. The number of ether oxygens (including phenoxy) is 1. The largest absolute Gasteiger partial charge is 0.506 e. The predicted molar refractivity (Wildman–Crippen MR) is 83.6 cm³/mol. The highest BCUT2D eigenvalue weighted by atomic mass is 16.5. The maximum Gasteiger partial charge on any atom is 0.331 e. The molecule has 2 atom stereocenters. The van der Waals surface area contributed by atoms with Crippen molar-refractivity contribution in [2.24, 2.45) is 0 Å². The third-order valence-corrected chi connectivity index (χ3v) is 3.80. The molecule has 1 aliphatic rings. The van der Waals surface area contributed by atoms with E-state index in [0.717, 1.165) is 10.8 Å². The molecule has 25 heavy (non-hydrogen) atoms. The number of hydrogen-bond donors (Lipinski definition) is 4. The van der Waals surface area contributed by atoms with Crippen molar-refractivity contribution in [2.75, 3.05) is 6.61 Å². The quantitative estimate of drug-likeness (QED) is 0.548. The Labute approximate surface area is 140 Å². The summed E-state index contributed by atoms with van der Waals surface area (Å²) in [7, 11) is 0. The lowest BCUT2D eigenvalue weighted by molar-refractivity contribution is -0.0171. The van der Waals surface area contributed by atoms with E-state index in [-0.39, 0.29) is 23.1 Å². The molecule has 3 heterocycles. The van der Waals surface area contributed by atoms with Crippen LogP contribution >= 0.6 is 0 Å². The Morgan fingerprint density at radius 3 is 2.64 bits per heavy atom. The zero-order valence-corrected chi connectivity index (χ0v) is 13.4. The Morgan fingerprint density at radius 1 is 1.36 bits per heavy atom. The molecule has 0 saturated carbocycles. The van der Waals surface area contributed by atoms with Crippen LogP contribution in [0.25, 0.3) is 11.3 Å². The van der Waals surface area contributed by atoms with Crippen molar-refractivity contribution in [1.82, 2.24) is 24.5 Å². The van der Waals surface area contributed by atoms with Gasteiger partial charge in [-0.25, -0.2) is 9.48 Å². The fourth-order valence-electron chi connectivity index (χ4n) is 2.41. The summed E-state index contributed by atoms with van der Waals surface area (Å²) in [6.07, 6.45) is -0.183. The van der Waals surface area contributed by atoms with Crippen molar-refractivity contribution in [3.63, 3.8) is 0 Å². The summed E-state index contributed by atoms with van der Waals surface area (Å²) >= 11 is 0. The number of H-pyrrole nitrogens is 1. The second-order valence-corrected chi connectivity index (χ2v) is 5.81. The van der Waals surface area contributed by atoms with Gasteiger partial charge in [0, 0.05) is 12.2 Å². The van der Waals surface area contributed by atoms with E-state index in [1.807, 2.05) is 13.8 Å². The van der Waals surface area contributed by atoms with Crippen LogP contribution in [0.4, 0.5) is 0 Å². The van der Waals surface area contributed by atoms with Crippen molar-refractivity contribution < 1.29 is 20.1 Å². The van der Waals surface area contributed by atoms with Crippen LogP contribution in [0.3, 0.4) is 0 Å². The van der Waals surface area contributed by atoms with E-state index in [4.69, 9.17) is 9.84 Å². The molecule has 2 aromatic heterocycles. The Morgan fingerprint density at radius 2 is 2.08 bits per heavy atom. The van der Waals surface area contributed by atoms with Gasteiger partial charge in [-0.15, -0.1) is 5.10 Å². The molecule has 134 valence electrons. The summed E-state index contributed by atoms with van der Waals surface area (Å²) in [5, 5.41) is 36.6. The average Bonchev–Trinajstić information content (AvgIpc) is 3.15. The van der Waals surface area contributed by atoms with Gasteiger partial charge in [-0.05, 0) is 13.8 Å². The maximum absolute atomic E-state index is 12.1. The molecule has 11 heteroatoms. The zero-order valence-electron chi connectivity index (χ0n) is 13.4. The number of rotatable bonds is 4. The molecule has 0 amide bonds. The lowest BCUT2D eigenvalue weighted by atomic mass is 10.2. The number of nitrogens with one attached hydrogen (secondary N) is 1. The van der Waals surface area contributed by atoms with Crippen LogP contribution in [0.5, 0.6) is 0 Å². The molecule has 0 fully saturated rings. The summed E-state index contributed by atoms with van der Waals surface area (Å²) in [6.45, 7) is 3.13. The van der Waals surface area contributed by atoms with Gasteiger partial charge < -0.3 is 20.1 Å². The molecule has 1 aliphatic heterocycles. The van der Waals surface area contributed by atoms with Crippen LogP contribution in [0.15, 0.2) is 33.5 Å². The molecule has 0 saturated heterocycles. The Bertz CT molecular complexity index is 940. The average molecular weight is 351 g/mol. The van der Waals surface area contributed by atoms with Crippen molar-refractivity contribution in [1.29, 1.82) is 0 Å². The summed E-state index contributed by atoms with van der Waals surface area (Å²) < 4.78 is 7.66. The van der Waals surface area contributed by atoms with Crippen molar-refractivity contribution >= 4 is 0 Å². The molecular weight excluding hydrogens is 334 g/mol. The van der Waals surface area contributed by atoms with Gasteiger partial charge in [0.2, 0.25) is 6.23 Å². The van der Waals surface area contributed by atoms with Crippen LogP contribution in [0.1, 0.15) is 26.1 Å². The van der Waals surface area contributed by atoms with Gasteiger partial charge in [0.25, 0.3) is 5.56 Å². The molecule has 1 unspecified atom stereocenters. The first-order valence-electron chi connectivity index (χ1n) is 7.48. The van der Waals surface area contributed by atoms with Gasteiger partial charge in [-0.3, -0.25) is 14.3 Å². The third-order valence-electron chi connectivity index (χ3n) is 3.80. The Kier molecular flexibility index (Phi) is 4.18. The van der Waals surface area contributed by atoms with Gasteiger partial charge in [-0.2, -0.15) is 0 Å². The van der Waals surface area contributed by atoms with E-state index in [0.29, 0.717) is 0 Å². The minimum Gasteiger partial charge on any atom is -0.506 e. The molecule has 0 bridgehead atoms. The summed E-state index contributed by atoms with van der Waals surface area (Å²) in [6, 6.07) is 0.0273. The fourth-order valence-corrected chi connectivity index (χ4v) is 2.41. The molecule has 0 radical (unpaired) electrons. The minimum absolute atomic E-state index is 0.0273. The lowest BCUT2D eigenvalue weighted by Gasteiger charge is -2.18. The first kappa shape index (κ1) is 16.9. The predicted octanol–water partition coefficient (Wildman–Crippen LogP) is -0.972. The highest BCUT2D eigenvalue weighted by molar-refractivity contribution is 5.54. The van der Waals surface area contributed by atoms with Crippen molar-refractivity contribution in [2.45, 2.75) is 32.2 Å². The zero-order chi connectivity index (χ0) is 18.3. The van der Waals surface area contributed by atoms with Gasteiger partial charge in [-0.1, -0.05) is 5.21 Å². The van der Waals surface area contributed by atoms with Crippen LogP contribution in [0, 0.1) is 0 Å². The molecule has 0 aliphatic carbocycles. The number of nitrogens with zero attached hydrogens (tertiary/aromatic N) is 4. The van der Waals surface area contributed by atoms with Crippen LogP contribution in [-0.4, -0.2) is 52.6 Å². The van der Waals surface area contributed by atoms with E-state index < -0.39 is 35.9 Å². The number of aromatic nitrogens is 5. The normalized spacial score (nSPS) is 20.4. The van der Waals surface area contributed by atoms with E-state index >= 15 is 0 Å². The highest BCUT2D eigenvalue weighted by Crippen LogP contribution is 2.30. The maximum atomic E-state index is 12.1. The molecule has 4 N–H and O–H groups in total. The van der Waals surface area contributed by atoms with E-state index in [9.17, 15) is 19.8 Å². The van der Waals surface area contributed by atoms with Gasteiger partial charge in [0.1, 0.15) is 12.3 Å². The number of aliphatic hydroxyl groups excluding tert-OH is 3. The topological polar surface area (TPSA) is 155 Å². The Balaban J connectivity index is 2.05. The van der Waals surface area contributed by atoms with Crippen molar-refractivity contribution in [3.8, 4) is 11.3 Å². The van der Waals surface area contributed by atoms with Gasteiger partial charge >= 0.3 is 5.69 Å². The van der Waals surface area contributed by atoms with Gasteiger partial charge in [0.05, 0.1) is 11.8 Å². The smallest absolute Gasteiger partial charge is 0.331 e. The summed E-state index contributed by atoms with van der Waals surface area (Å²) in [4.78, 5) is 26.3. The number of hydrogen-bond acceptors (Lipinski definition) is 8. The van der Waals surface area contributed by atoms with E-state index in [2.05, 4.69) is 15.3 Å². The standard InChI is InChI=1S/C14H17N5O6/c1-6(2)19-4-8(16-17-19)7-3-18(14(24)15-12(7)23)13-11(22)10(21)9(5-20)25-13/h3-4,6,11,13,20-22H,5H2,1-2H3,(H,15,23,24)/t11?,13-/m1/s1. The second kappa shape index (κ2) is 6.18. The molecule has 2 aromatic rings. The minimum atomic E-state index is -1.56. The fraction of sp³-hybridized carbons (Fsp3) is 0.429. The summed E-state index contributed by atoms with van der Waals surface area (Å²) in [5.41, 5.74) is -1.25. The summed E-state index contributed by atoms with van der Waals surface area (Å²) in [5.74, 6) is -0.819. The first-order valence-corrected chi connectivity index (χ1v) is 7.48. The van der Waals surface area contributed by atoms with Crippen LogP contribution in [0.2, 0.25) is 0 Å². The van der Waals surface area contributed by atoms with Crippen molar-refractivity contribution in [3.05, 3.63) is 44.8 Å². The highest BCUT2D eigenvalue weighted by Gasteiger charge is 2.37. The van der Waals surface area contributed by atoms with E-state index in [1.165, 1.54) is 0 Å². The molecule has 3 rings (SSSR count).